The van der Waals surface area contributed by atoms with Gasteiger partial charge in [0.1, 0.15) is 0 Å². The zero-order valence-electron chi connectivity index (χ0n) is 11.9. The molecule has 0 unspecified atom stereocenters. The number of ether oxygens (including phenoxy) is 1. The summed E-state index contributed by atoms with van der Waals surface area (Å²) in [5, 5.41) is 10.9. The molecule has 1 heterocycles. The van der Waals surface area contributed by atoms with E-state index >= 15 is 0 Å². The van der Waals surface area contributed by atoms with Crippen molar-refractivity contribution in [1.82, 2.24) is 4.90 Å². The number of carbonyl (C=O) groups is 1. The topological polar surface area (TPSA) is 49.8 Å². The number of aryl methyl sites for hydroxylation is 1. The first kappa shape index (κ1) is 15.3. The summed E-state index contributed by atoms with van der Waals surface area (Å²) in [7, 11) is 1.69. The SMILES string of the molecule is Cc1ccc(C(=O)N(C)CC2(O)CCOCC2)c(Cl)c1. The minimum atomic E-state index is -0.861. The van der Waals surface area contributed by atoms with Gasteiger partial charge in [0.15, 0.2) is 0 Å². The lowest BCUT2D eigenvalue weighted by Crippen LogP contribution is -2.47. The van der Waals surface area contributed by atoms with Crippen molar-refractivity contribution in [2.75, 3.05) is 26.8 Å². The van der Waals surface area contributed by atoms with Crippen LogP contribution < -0.4 is 0 Å². The van der Waals surface area contributed by atoms with E-state index < -0.39 is 5.60 Å². The summed E-state index contributed by atoms with van der Waals surface area (Å²) in [6.45, 7) is 3.28. The maximum absolute atomic E-state index is 12.4. The molecule has 1 N–H and O–H groups in total. The molecule has 1 fully saturated rings. The number of rotatable bonds is 3. The molecule has 1 aromatic carbocycles. The Balaban J connectivity index is 2.08. The van der Waals surface area contributed by atoms with Crippen LogP contribution in [-0.2, 0) is 4.74 Å². The van der Waals surface area contributed by atoms with Crippen LogP contribution in [0.3, 0.4) is 0 Å². The van der Waals surface area contributed by atoms with E-state index in [2.05, 4.69) is 0 Å². The summed E-state index contributed by atoms with van der Waals surface area (Å²) in [4.78, 5) is 13.9. The summed E-state index contributed by atoms with van der Waals surface area (Å²) in [5.74, 6) is -0.171. The maximum Gasteiger partial charge on any atom is 0.255 e. The van der Waals surface area contributed by atoms with E-state index in [9.17, 15) is 9.90 Å². The fourth-order valence-corrected chi connectivity index (χ4v) is 2.74. The van der Waals surface area contributed by atoms with Gasteiger partial charge in [0.2, 0.25) is 0 Å². The molecule has 1 saturated heterocycles. The Bertz CT molecular complexity index is 498. The van der Waals surface area contributed by atoms with Gasteiger partial charge >= 0.3 is 0 Å². The molecule has 110 valence electrons. The zero-order chi connectivity index (χ0) is 14.8. The molecule has 1 aliphatic rings. The molecule has 0 saturated carbocycles. The van der Waals surface area contributed by atoms with Crippen molar-refractivity contribution in [2.45, 2.75) is 25.4 Å². The summed E-state index contributed by atoms with van der Waals surface area (Å²) in [6, 6.07) is 5.35. The highest BCUT2D eigenvalue weighted by molar-refractivity contribution is 6.33. The van der Waals surface area contributed by atoms with Crippen LogP contribution in [0.4, 0.5) is 0 Å². The number of benzene rings is 1. The molecule has 0 aliphatic carbocycles. The third-order valence-electron chi connectivity index (χ3n) is 3.66. The van der Waals surface area contributed by atoms with Crippen LogP contribution in [-0.4, -0.2) is 48.3 Å². The lowest BCUT2D eigenvalue weighted by molar-refractivity contribution is -0.0734. The Hall–Kier alpha value is -1.10. The van der Waals surface area contributed by atoms with E-state index in [-0.39, 0.29) is 5.91 Å². The summed E-state index contributed by atoms with van der Waals surface area (Å²) in [6.07, 6.45) is 1.10. The molecular weight excluding hydrogens is 278 g/mol. The summed E-state index contributed by atoms with van der Waals surface area (Å²) < 4.78 is 5.24. The highest BCUT2D eigenvalue weighted by Gasteiger charge is 2.32. The van der Waals surface area contributed by atoms with Crippen LogP contribution in [0, 0.1) is 6.92 Å². The number of hydrogen-bond donors (Lipinski definition) is 1. The van der Waals surface area contributed by atoms with Crippen molar-refractivity contribution in [3.05, 3.63) is 34.3 Å². The molecule has 0 spiro atoms. The molecule has 0 atom stereocenters. The lowest BCUT2D eigenvalue weighted by atomic mass is 9.93. The largest absolute Gasteiger partial charge is 0.388 e. The predicted molar refractivity (Wildman–Crippen MR) is 78.2 cm³/mol. The quantitative estimate of drug-likeness (QED) is 0.931. The first-order chi connectivity index (χ1) is 9.41. The second kappa shape index (κ2) is 6.12. The van der Waals surface area contributed by atoms with Crippen molar-refractivity contribution < 1.29 is 14.6 Å². The van der Waals surface area contributed by atoms with Gasteiger partial charge in [-0.3, -0.25) is 4.79 Å². The van der Waals surface area contributed by atoms with Crippen molar-refractivity contribution in [2.24, 2.45) is 0 Å². The number of amides is 1. The van der Waals surface area contributed by atoms with Crippen molar-refractivity contribution in [3.63, 3.8) is 0 Å². The minimum absolute atomic E-state index is 0.171. The molecule has 1 aromatic rings. The van der Waals surface area contributed by atoms with E-state index in [0.29, 0.717) is 43.2 Å². The molecule has 4 nitrogen and oxygen atoms in total. The number of likely N-dealkylation sites (N-methyl/N-ethyl adjacent to an activating group) is 1. The monoisotopic (exact) mass is 297 g/mol. The Kier molecular flexibility index (Phi) is 4.68. The molecule has 20 heavy (non-hydrogen) atoms. The summed E-state index contributed by atoms with van der Waals surface area (Å²) in [5.41, 5.74) is 0.618. The van der Waals surface area contributed by atoms with Gasteiger partial charge in [-0.15, -0.1) is 0 Å². The number of hydrogen-bond acceptors (Lipinski definition) is 3. The second-order valence-corrected chi connectivity index (χ2v) is 5.89. The van der Waals surface area contributed by atoms with E-state index in [1.807, 2.05) is 13.0 Å². The molecular formula is C15H20ClNO3. The average Bonchev–Trinajstić information content (AvgIpc) is 2.38. The normalized spacial score (nSPS) is 17.8. The van der Waals surface area contributed by atoms with Gasteiger partial charge in [0, 0.05) is 39.6 Å². The fraction of sp³-hybridized carbons (Fsp3) is 0.533. The number of nitrogens with zero attached hydrogens (tertiary/aromatic N) is 1. The summed E-state index contributed by atoms with van der Waals surface area (Å²) >= 11 is 6.12. The van der Waals surface area contributed by atoms with Crippen LogP contribution in [0.5, 0.6) is 0 Å². The van der Waals surface area contributed by atoms with Crippen molar-refractivity contribution in [1.29, 1.82) is 0 Å². The predicted octanol–water partition coefficient (Wildman–Crippen LogP) is 2.26. The third-order valence-corrected chi connectivity index (χ3v) is 3.97. The van der Waals surface area contributed by atoms with Crippen LogP contribution >= 0.6 is 11.6 Å². The van der Waals surface area contributed by atoms with E-state index in [1.54, 1.807) is 19.2 Å². The van der Waals surface area contributed by atoms with Crippen LogP contribution in [0.15, 0.2) is 18.2 Å². The molecule has 1 aliphatic heterocycles. The van der Waals surface area contributed by atoms with Crippen LogP contribution in [0.2, 0.25) is 5.02 Å². The first-order valence-electron chi connectivity index (χ1n) is 6.73. The van der Waals surface area contributed by atoms with E-state index in [0.717, 1.165) is 5.56 Å². The van der Waals surface area contributed by atoms with E-state index in [1.165, 1.54) is 4.90 Å². The Labute approximate surface area is 124 Å². The van der Waals surface area contributed by atoms with Gasteiger partial charge in [-0.05, 0) is 24.6 Å². The van der Waals surface area contributed by atoms with Crippen molar-refractivity contribution >= 4 is 17.5 Å². The Morgan fingerprint density at radius 1 is 1.45 bits per heavy atom. The zero-order valence-corrected chi connectivity index (χ0v) is 12.6. The Morgan fingerprint density at radius 3 is 2.70 bits per heavy atom. The third kappa shape index (κ3) is 3.51. The fourth-order valence-electron chi connectivity index (χ4n) is 2.42. The van der Waals surface area contributed by atoms with Gasteiger partial charge in [0.25, 0.3) is 5.91 Å². The van der Waals surface area contributed by atoms with Crippen LogP contribution in [0.1, 0.15) is 28.8 Å². The maximum atomic E-state index is 12.4. The molecule has 5 heteroatoms. The Morgan fingerprint density at radius 2 is 2.10 bits per heavy atom. The van der Waals surface area contributed by atoms with E-state index in [4.69, 9.17) is 16.3 Å². The minimum Gasteiger partial charge on any atom is -0.388 e. The van der Waals surface area contributed by atoms with Gasteiger partial charge in [-0.1, -0.05) is 17.7 Å². The number of aliphatic hydroxyl groups is 1. The molecule has 0 bridgehead atoms. The van der Waals surface area contributed by atoms with Gasteiger partial charge in [-0.2, -0.15) is 0 Å². The van der Waals surface area contributed by atoms with Crippen molar-refractivity contribution in [3.8, 4) is 0 Å². The van der Waals surface area contributed by atoms with Gasteiger partial charge < -0.3 is 14.7 Å². The average molecular weight is 298 g/mol. The molecule has 0 aromatic heterocycles. The van der Waals surface area contributed by atoms with Crippen LogP contribution in [0.25, 0.3) is 0 Å². The highest BCUT2D eigenvalue weighted by atomic mass is 35.5. The lowest BCUT2D eigenvalue weighted by Gasteiger charge is -2.35. The molecule has 0 radical (unpaired) electrons. The molecule has 1 amide bonds. The number of carbonyl (C=O) groups excluding carboxylic acids is 1. The van der Waals surface area contributed by atoms with Gasteiger partial charge in [0.05, 0.1) is 16.2 Å². The smallest absolute Gasteiger partial charge is 0.255 e. The standard InChI is InChI=1S/C15H20ClNO3/c1-11-3-4-12(13(16)9-11)14(18)17(2)10-15(19)5-7-20-8-6-15/h3-4,9,19H,5-8,10H2,1-2H3. The number of halogens is 1. The highest BCUT2D eigenvalue weighted by Crippen LogP contribution is 2.24. The van der Waals surface area contributed by atoms with Gasteiger partial charge in [-0.25, -0.2) is 0 Å². The first-order valence-corrected chi connectivity index (χ1v) is 7.11. The second-order valence-electron chi connectivity index (χ2n) is 5.48. The molecule has 2 rings (SSSR count).